The molecule has 0 heteroatoms. The Morgan fingerprint density at radius 1 is 0.516 bits per heavy atom. The van der Waals surface area contributed by atoms with E-state index in [0.717, 1.165) is 12.8 Å². The predicted molar refractivity (Wildman–Crippen MR) is 140 cm³/mol. The van der Waals surface area contributed by atoms with Crippen LogP contribution in [0.4, 0.5) is 0 Å². The zero-order valence-electron chi connectivity index (χ0n) is 22.6. The molecule has 0 aromatic heterocycles. The van der Waals surface area contributed by atoms with E-state index >= 15 is 0 Å². The summed E-state index contributed by atoms with van der Waals surface area (Å²) in [6.45, 7) is 28.1. The minimum Gasteiger partial charge on any atom is -0.0617 e. The molecular weight excluding hydrogens is 372 g/mol. The lowest BCUT2D eigenvalue weighted by Gasteiger charge is -2.32. The van der Waals surface area contributed by atoms with Crippen molar-refractivity contribution >= 4 is 0 Å². The molecule has 0 bridgehead atoms. The lowest BCUT2D eigenvalue weighted by molar-refractivity contribution is 0.523. The van der Waals surface area contributed by atoms with Crippen LogP contribution in [0, 0.1) is 0 Å². The maximum Gasteiger partial charge on any atom is -0.0126 e. The normalized spacial score (nSPS) is 13.5. The van der Waals surface area contributed by atoms with Crippen molar-refractivity contribution in [3.8, 4) is 0 Å². The number of hydrogen-bond acceptors (Lipinski definition) is 0. The molecule has 0 saturated carbocycles. The van der Waals surface area contributed by atoms with E-state index in [0.29, 0.717) is 0 Å². The zero-order chi connectivity index (χ0) is 23.8. The van der Waals surface area contributed by atoms with E-state index in [9.17, 15) is 0 Å². The van der Waals surface area contributed by atoms with E-state index in [1.165, 1.54) is 34.2 Å². The Morgan fingerprint density at radius 2 is 1.06 bits per heavy atom. The fraction of sp³-hybridized carbons (Fsp3) is 0.613. The van der Waals surface area contributed by atoms with Crippen molar-refractivity contribution in [2.45, 2.75) is 124 Å². The second kappa shape index (κ2) is 8.76. The first kappa shape index (κ1) is 25.7. The van der Waals surface area contributed by atoms with Crippen LogP contribution in [0.5, 0.6) is 0 Å². The predicted octanol–water partition coefficient (Wildman–Crippen LogP) is 9.05. The van der Waals surface area contributed by atoms with Gasteiger partial charge in [0.05, 0.1) is 0 Å². The minimum atomic E-state index is 0.160. The lowest BCUT2D eigenvalue weighted by atomic mass is 9.72. The Morgan fingerprint density at radius 3 is 1.55 bits per heavy atom. The molecule has 0 saturated heterocycles. The smallest absolute Gasteiger partial charge is 0.0126 e. The van der Waals surface area contributed by atoms with Gasteiger partial charge in [-0.3, -0.25) is 0 Å². The number of aryl methyl sites for hydroxylation is 2. The van der Waals surface area contributed by atoms with Gasteiger partial charge in [0.15, 0.2) is 0 Å². The van der Waals surface area contributed by atoms with Gasteiger partial charge in [0, 0.05) is 0 Å². The van der Waals surface area contributed by atoms with Crippen LogP contribution in [0.15, 0.2) is 36.4 Å². The average Bonchev–Trinajstić information content (AvgIpc) is 2.58. The van der Waals surface area contributed by atoms with E-state index in [2.05, 4.69) is 119 Å². The summed E-state index contributed by atoms with van der Waals surface area (Å²) >= 11 is 0. The van der Waals surface area contributed by atoms with Gasteiger partial charge in [-0.05, 0) is 74.3 Å². The summed E-state index contributed by atoms with van der Waals surface area (Å²) in [5, 5.41) is 0. The Balaban J connectivity index is 2.31. The second-order valence-corrected chi connectivity index (χ2v) is 13.6. The van der Waals surface area contributed by atoms with Crippen molar-refractivity contribution in [1.82, 2.24) is 0 Å². The zero-order valence-corrected chi connectivity index (χ0v) is 22.6. The highest BCUT2D eigenvalue weighted by Crippen LogP contribution is 2.37. The monoisotopic (exact) mass is 420 g/mol. The van der Waals surface area contributed by atoms with Crippen LogP contribution < -0.4 is 0 Å². The van der Waals surface area contributed by atoms with Crippen LogP contribution in [0.3, 0.4) is 0 Å². The third-order valence-electron chi connectivity index (χ3n) is 6.32. The van der Waals surface area contributed by atoms with Gasteiger partial charge in [0.2, 0.25) is 0 Å². The molecule has 0 amide bonds. The fourth-order valence-corrected chi connectivity index (χ4v) is 4.82. The van der Waals surface area contributed by atoms with Gasteiger partial charge < -0.3 is 0 Å². The van der Waals surface area contributed by atoms with Crippen molar-refractivity contribution in [3.63, 3.8) is 0 Å². The fourth-order valence-electron chi connectivity index (χ4n) is 4.82. The summed E-state index contributed by atoms with van der Waals surface area (Å²) in [6, 6.07) is 14.2. The molecule has 0 unspecified atom stereocenters. The van der Waals surface area contributed by atoms with Crippen LogP contribution >= 0.6 is 0 Å². The first-order valence-electron chi connectivity index (χ1n) is 12.2. The molecule has 31 heavy (non-hydrogen) atoms. The molecule has 2 rings (SSSR count). The van der Waals surface area contributed by atoms with Gasteiger partial charge in [0.25, 0.3) is 0 Å². The van der Waals surface area contributed by atoms with Gasteiger partial charge in [-0.25, -0.2) is 0 Å². The maximum atomic E-state index is 2.48. The summed E-state index contributed by atoms with van der Waals surface area (Å²) in [4.78, 5) is 0. The second-order valence-electron chi connectivity index (χ2n) is 13.6. The van der Waals surface area contributed by atoms with Crippen LogP contribution in [-0.2, 0) is 34.5 Å². The molecule has 0 heterocycles. The highest BCUT2D eigenvalue weighted by atomic mass is 14.3. The van der Waals surface area contributed by atoms with Crippen LogP contribution in [0.2, 0.25) is 0 Å². The number of benzene rings is 2. The average molecular weight is 421 g/mol. The topological polar surface area (TPSA) is 0 Å². The van der Waals surface area contributed by atoms with Gasteiger partial charge in [-0.1, -0.05) is 119 Å². The summed E-state index contributed by atoms with van der Waals surface area (Å²) < 4.78 is 0. The molecule has 2 aromatic carbocycles. The van der Waals surface area contributed by atoms with Gasteiger partial charge in [-0.15, -0.1) is 0 Å². The van der Waals surface area contributed by atoms with Gasteiger partial charge >= 0.3 is 0 Å². The van der Waals surface area contributed by atoms with Crippen LogP contribution in [-0.4, -0.2) is 0 Å². The summed E-state index contributed by atoms with van der Waals surface area (Å²) in [5.41, 5.74) is 9.72. The van der Waals surface area contributed by atoms with Crippen LogP contribution in [0.25, 0.3) is 0 Å². The van der Waals surface area contributed by atoms with Crippen molar-refractivity contribution < 1.29 is 0 Å². The van der Waals surface area contributed by atoms with Gasteiger partial charge in [-0.2, -0.15) is 0 Å². The summed E-state index contributed by atoms with van der Waals surface area (Å²) in [7, 11) is 0. The van der Waals surface area contributed by atoms with Crippen molar-refractivity contribution in [3.05, 3.63) is 69.8 Å². The Bertz CT molecular complexity index is 884. The molecule has 0 nitrogen and oxygen atoms in total. The third-order valence-corrected chi connectivity index (χ3v) is 6.32. The van der Waals surface area contributed by atoms with E-state index < -0.39 is 0 Å². The van der Waals surface area contributed by atoms with Gasteiger partial charge in [0.1, 0.15) is 0 Å². The maximum absolute atomic E-state index is 2.48. The highest BCUT2D eigenvalue weighted by molar-refractivity contribution is 5.44. The largest absolute Gasteiger partial charge is 0.0617 e. The SMILES string of the molecule is CC(C)(C)c1ccc(CCCc2cccc(C(C)(C)C)c2C(C)(C)C)cc1C(C)(C)C. The Hall–Kier alpha value is -1.56. The van der Waals surface area contributed by atoms with Crippen molar-refractivity contribution in [2.24, 2.45) is 0 Å². The lowest BCUT2D eigenvalue weighted by Crippen LogP contribution is -2.24. The first-order valence-corrected chi connectivity index (χ1v) is 12.2. The van der Waals surface area contributed by atoms with E-state index in [1.54, 1.807) is 5.56 Å². The molecule has 2 aromatic rings. The van der Waals surface area contributed by atoms with Crippen molar-refractivity contribution in [1.29, 1.82) is 0 Å². The molecule has 0 aliphatic rings. The molecule has 0 N–H and O–H groups in total. The number of rotatable bonds is 4. The molecule has 172 valence electrons. The molecule has 0 aliphatic carbocycles. The minimum absolute atomic E-state index is 0.160. The Labute approximate surface area is 193 Å². The molecule has 0 fully saturated rings. The molecular formula is C31H48. The Kier molecular flexibility index (Phi) is 7.26. The standard InChI is InChI=1S/C31H48/c1-28(2,3)24-20-19-22(21-26(24)30(7,8)9)15-13-16-23-17-14-18-25(29(4,5)6)27(23)31(10,11)12/h14,17-21H,13,15-16H2,1-12H3. The van der Waals surface area contributed by atoms with Crippen molar-refractivity contribution in [2.75, 3.05) is 0 Å². The van der Waals surface area contributed by atoms with E-state index in [1.807, 2.05) is 0 Å². The number of hydrogen-bond donors (Lipinski definition) is 0. The molecule has 0 radical (unpaired) electrons. The summed E-state index contributed by atoms with van der Waals surface area (Å²) in [5.74, 6) is 0. The molecule has 0 aliphatic heterocycles. The summed E-state index contributed by atoms with van der Waals surface area (Å²) in [6.07, 6.45) is 3.47. The highest BCUT2D eigenvalue weighted by Gasteiger charge is 2.28. The third kappa shape index (κ3) is 6.47. The first-order chi connectivity index (χ1) is 13.9. The quantitative estimate of drug-likeness (QED) is 0.462. The van der Waals surface area contributed by atoms with E-state index in [-0.39, 0.29) is 21.7 Å². The molecule has 0 spiro atoms. The van der Waals surface area contributed by atoms with E-state index in [4.69, 9.17) is 0 Å². The molecule has 0 atom stereocenters. The van der Waals surface area contributed by atoms with Crippen LogP contribution in [0.1, 0.15) is 123 Å².